The molecule has 0 amide bonds. The Bertz CT molecular complexity index is 1070. The van der Waals surface area contributed by atoms with Crippen molar-refractivity contribution in [2.45, 2.75) is 30.4 Å². The van der Waals surface area contributed by atoms with Crippen LogP contribution in [0.15, 0.2) is 23.1 Å². The molecule has 1 aromatic rings. The molecule has 0 bridgehead atoms. The largest absolute Gasteiger partial charge is 0.511 e. The number of esters is 2. The number of aliphatic hydroxyl groups is 1. The number of nitrogens with two attached hydrogens (primary N) is 1. The predicted octanol–water partition coefficient (Wildman–Crippen LogP) is 2.38. The summed E-state index contributed by atoms with van der Waals surface area (Å²) in [5.74, 6) is -7.84. The number of aliphatic hydroxyl groups excluding tert-OH is 1. The summed E-state index contributed by atoms with van der Waals surface area (Å²) in [5, 5.41) is 11.0. The Hall–Kier alpha value is -2.88. The maximum Gasteiger partial charge on any atom is 0.511 e. The van der Waals surface area contributed by atoms with Gasteiger partial charge in [-0.3, -0.25) is 4.79 Å². The van der Waals surface area contributed by atoms with E-state index in [2.05, 4.69) is 18.9 Å². The van der Waals surface area contributed by atoms with E-state index < -0.39 is 84.8 Å². The summed E-state index contributed by atoms with van der Waals surface area (Å²) in [6.07, 6.45) is -3.43. The summed E-state index contributed by atoms with van der Waals surface area (Å²) in [4.78, 5) is 48.7. The monoisotopic (exact) mass is 599 g/mol. The molecular weight excluding hydrogens is 572 g/mol. The molecule has 0 radical (unpaired) electrons. The third-order valence-corrected chi connectivity index (χ3v) is 7.38. The van der Waals surface area contributed by atoms with Crippen LogP contribution in [0.3, 0.4) is 0 Å². The minimum absolute atomic E-state index is 0. The molecule has 16 heteroatoms. The summed E-state index contributed by atoms with van der Waals surface area (Å²) >= 11 is 1.01. The fourth-order valence-electron chi connectivity index (χ4n) is 4.56. The van der Waals surface area contributed by atoms with Crippen LogP contribution in [0.4, 0.5) is 18.4 Å². The molecule has 0 aromatic heterocycles. The first-order valence-electron chi connectivity index (χ1n) is 11.5. The fourth-order valence-corrected chi connectivity index (χ4v) is 5.76. The molecule has 12 nitrogen and oxygen atoms in total. The van der Waals surface area contributed by atoms with Crippen molar-refractivity contribution in [3.8, 4) is 0 Å². The average molecular weight is 600 g/mol. The van der Waals surface area contributed by atoms with Crippen LogP contribution in [-0.2, 0) is 38.0 Å². The van der Waals surface area contributed by atoms with Gasteiger partial charge >= 0.3 is 24.2 Å². The van der Waals surface area contributed by atoms with E-state index in [1.54, 1.807) is 13.8 Å². The van der Waals surface area contributed by atoms with Gasteiger partial charge in [-0.25, -0.2) is 23.2 Å². The van der Waals surface area contributed by atoms with E-state index in [0.29, 0.717) is 4.90 Å². The van der Waals surface area contributed by atoms with Crippen molar-refractivity contribution in [3.05, 3.63) is 29.8 Å². The SMILES string of the molecule is CCOC(=O)OCOC(=O)[C@H]1[C@@H]2[C@H](O)[C@@H](CSc3ccc(F)c(F)c3)[C@@](N)(C(=O)OCOC(=O)OCC)[C@H]12.Cl. The van der Waals surface area contributed by atoms with Crippen molar-refractivity contribution in [2.24, 2.45) is 29.4 Å². The topological polar surface area (TPSA) is 170 Å². The number of carbonyl (C=O) groups excluding carboxylic acids is 4. The van der Waals surface area contributed by atoms with E-state index >= 15 is 0 Å². The Labute approximate surface area is 232 Å². The lowest BCUT2D eigenvalue weighted by Crippen LogP contribution is -2.59. The maximum absolute atomic E-state index is 13.6. The molecule has 0 unspecified atom stereocenters. The Kier molecular flexibility index (Phi) is 11.6. The molecule has 0 spiro atoms. The van der Waals surface area contributed by atoms with Gasteiger partial charge in [-0.15, -0.1) is 24.2 Å². The summed E-state index contributed by atoms with van der Waals surface area (Å²) in [6.45, 7) is 1.58. The third kappa shape index (κ3) is 7.21. The number of hydrogen-bond acceptors (Lipinski definition) is 13. The normalized spacial score (nSPS) is 26.4. The van der Waals surface area contributed by atoms with E-state index in [9.17, 15) is 33.1 Å². The van der Waals surface area contributed by atoms with Gasteiger partial charge in [-0.2, -0.15) is 0 Å². The second-order valence-corrected chi connectivity index (χ2v) is 9.42. The minimum Gasteiger partial charge on any atom is -0.435 e. The highest BCUT2D eigenvalue weighted by atomic mass is 35.5. The van der Waals surface area contributed by atoms with E-state index in [0.717, 1.165) is 23.9 Å². The van der Waals surface area contributed by atoms with Crippen LogP contribution < -0.4 is 5.73 Å². The quantitative estimate of drug-likeness (QED) is 0.165. The van der Waals surface area contributed by atoms with Crippen LogP contribution in [0.2, 0.25) is 0 Å². The Morgan fingerprint density at radius 3 is 2.10 bits per heavy atom. The molecular formula is C23H28ClF2NO11S. The number of benzene rings is 1. The average Bonchev–Trinajstić information content (AvgIpc) is 3.58. The minimum atomic E-state index is -1.95. The Balaban J connectivity index is 0.00000533. The van der Waals surface area contributed by atoms with Crippen molar-refractivity contribution in [3.63, 3.8) is 0 Å². The van der Waals surface area contributed by atoms with Crippen molar-refractivity contribution in [2.75, 3.05) is 32.6 Å². The molecule has 3 N–H and O–H groups in total. The van der Waals surface area contributed by atoms with Crippen LogP contribution in [0.25, 0.3) is 0 Å². The first kappa shape index (κ1) is 32.3. The van der Waals surface area contributed by atoms with Gasteiger partial charge in [-0.05, 0) is 32.0 Å². The van der Waals surface area contributed by atoms with Crippen molar-refractivity contribution in [1.29, 1.82) is 0 Å². The second kappa shape index (κ2) is 14.0. The molecule has 218 valence electrons. The molecule has 1 aromatic carbocycles. The molecule has 2 fully saturated rings. The summed E-state index contributed by atoms with van der Waals surface area (Å²) in [6, 6.07) is 3.20. The number of carbonyl (C=O) groups is 4. The van der Waals surface area contributed by atoms with Gasteiger partial charge in [0, 0.05) is 28.4 Å². The van der Waals surface area contributed by atoms with Crippen molar-refractivity contribution in [1.82, 2.24) is 0 Å². The zero-order chi connectivity index (χ0) is 28.0. The number of fused-ring (bicyclic) bond motifs is 1. The number of halogens is 3. The Morgan fingerprint density at radius 2 is 1.54 bits per heavy atom. The van der Waals surface area contributed by atoms with Crippen molar-refractivity contribution >= 4 is 48.4 Å². The highest BCUT2D eigenvalue weighted by Crippen LogP contribution is 2.64. The molecule has 39 heavy (non-hydrogen) atoms. The fraction of sp³-hybridized carbons (Fsp3) is 0.565. The Morgan fingerprint density at radius 1 is 0.949 bits per heavy atom. The van der Waals surface area contributed by atoms with E-state index in [4.69, 9.17) is 15.2 Å². The van der Waals surface area contributed by atoms with Gasteiger partial charge in [0.05, 0.1) is 25.2 Å². The lowest BCUT2D eigenvalue weighted by molar-refractivity contribution is -0.165. The zero-order valence-corrected chi connectivity index (χ0v) is 22.5. The van der Waals surface area contributed by atoms with Crippen LogP contribution in [0, 0.1) is 35.3 Å². The van der Waals surface area contributed by atoms with E-state index in [-0.39, 0.29) is 31.4 Å². The zero-order valence-electron chi connectivity index (χ0n) is 20.8. The van der Waals surface area contributed by atoms with Crippen molar-refractivity contribution < 1.29 is 61.5 Å². The molecule has 2 aliphatic carbocycles. The van der Waals surface area contributed by atoms with Crippen LogP contribution >= 0.6 is 24.2 Å². The van der Waals surface area contributed by atoms with Gasteiger partial charge in [0.25, 0.3) is 0 Å². The standard InChI is InChI=1S/C23H27F2NO11S.ClH/c1-3-32-21(30)36-9-34-19(28)16-15-17(16)23(26,20(29)35-10-37-22(31)33-4-2)12(18(15)27)8-38-11-5-6-13(24)14(25)7-11;/h5-7,12,15-18,27H,3-4,8-10,26H2,1-2H3;1H/t12-,15+,16+,17+,18-,23+;/m1./s1. The molecule has 0 aliphatic heterocycles. The third-order valence-electron chi connectivity index (χ3n) is 6.26. The molecule has 2 saturated carbocycles. The summed E-state index contributed by atoms with van der Waals surface area (Å²) < 4.78 is 55.2. The van der Waals surface area contributed by atoms with Gasteiger partial charge in [0.2, 0.25) is 13.6 Å². The molecule has 3 rings (SSSR count). The highest BCUT2D eigenvalue weighted by Gasteiger charge is 2.78. The summed E-state index contributed by atoms with van der Waals surface area (Å²) in [5.41, 5.74) is 4.55. The van der Waals surface area contributed by atoms with Crippen LogP contribution in [0.5, 0.6) is 0 Å². The van der Waals surface area contributed by atoms with E-state index in [1.165, 1.54) is 6.07 Å². The lowest BCUT2D eigenvalue weighted by Gasteiger charge is -2.34. The number of ether oxygens (including phenoxy) is 6. The lowest BCUT2D eigenvalue weighted by atomic mass is 9.81. The smallest absolute Gasteiger partial charge is 0.435 e. The van der Waals surface area contributed by atoms with Crippen LogP contribution in [0.1, 0.15) is 13.8 Å². The molecule has 0 saturated heterocycles. The maximum atomic E-state index is 13.6. The van der Waals surface area contributed by atoms with E-state index in [1.807, 2.05) is 0 Å². The number of hydrogen-bond donors (Lipinski definition) is 2. The first-order chi connectivity index (χ1) is 18.1. The molecule has 6 atom stereocenters. The predicted molar refractivity (Wildman–Crippen MR) is 129 cm³/mol. The highest BCUT2D eigenvalue weighted by molar-refractivity contribution is 7.99. The molecule has 2 aliphatic rings. The van der Waals surface area contributed by atoms with Gasteiger partial charge in [0.15, 0.2) is 11.6 Å². The van der Waals surface area contributed by atoms with Gasteiger partial charge in [-0.1, -0.05) is 0 Å². The summed E-state index contributed by atoms with van der Waals surface area (Å²) in [7, 11) is 0. The van der Waals surface area contributed by atoms with Gasteiger partial charge in [0.1, 0.15) is 5.54 Å². The second-order valence-electron chi connectivity index (χ2n) is 8.33. The first-order valence-corrected chi connectivity index (χ1v) is 12.5. The van der Waals surface area contributed by atoms with Gasteiger partial charge < -0.3 is 39.3 Å². The number of thioether (sulfide) groups is 1. The molecule has 0 heterocycles. The van der Waals surface area contributed by atoms with Crippen LogP contribution in [-0.4, -0.2) is 73.6 Å². The number of rotatable bonds is 11.